The van der Waals surface area contributed by atoms with E-state index in [0.717, 1.165) is 21.3 Å². The number of anilines is 1. The number of carbonyl (C=O) groups is 1. The second kappa shape index (κ2) is 7.09. The summed E-state index contributed by atoms with van der Waals surface area (Å²) >= 11 is 7.25. The van der Waals surface area contributed by atoms with Gasteiger partial charge in [-0.25, -0.2) is 19.9 Å². The summed E-state index contributed by atoms with van der Waals surface area (Å²) < 4.78 is 6.70. The van der Waals surface area contributed by atoms with Gasteiger partial charge in [0.2, 0.25) is 11.2 Å². The lowest BCUT2D eigenvalue weighted by molar-refractivity contribution is 0.0949. The average Bonchev–Trinajstić information content (AvgIpc) is 3.03. The van der Waals surface area contributed by atoms with Crippen LogP contribution < -0.4 is 15.4 Å². The number of hydrogen-bond acceptors (Lipinski definition) is 8. The van der Waals surface area contributed by atoms with Crippen LogP contribution >= 0.6 is 22.9 Å². The molecule has 2 N–H and O–H groups in total. The lowest BCUT2D eigenvalue weighted by Crippen LogP contribution is -2.34. The molecule has 8 nitrogen and oxygen atoms in total. The fourth-order valence-electron chi connectivity index (χ4n) is 3.24. The van der Waals surface area contributed by atoms with Crippen molar-refractivity contribution in [2.45, 2.75) is 19.6 Å². The molecular formula is C19H15ClN6O2S. The Kier molecular flexibility index (Phi) is 4.40. The third kappa shape index (κ3) is 3.32. The number of nitrogens with zero attached hydrogens (tertiary/aromatic N) is 4. The Balaban J connectivity index is 1.52. The molecule has 1 atom stereocenters. The van der Waals surface area contributed by atoms with Gasteiger partial charge in [0.15, 0.2) is 0 Å². The standard InChI is InChI=1S/C19H15ClN6O2S/c1-9-6-22-16-14-12(29-17(16)18(27)24-9)3-2-11-15(14)23-7-13(26-11)28-8-10-4-5-21-19(20)25-10/h2-5,7,9,22H,6,8H2,1H3,(H,24,27). The molecule has 1 aliphatic heterocycles. The Morgan fingerprint density at radius 3 is 3.03 bits per heavy atom. The fraction of sp³-hybridized carbons (Fsp3) is 0.211. The van der Waals surface area contributed by atoms with Crippen molar-refractivity contribution >= 4 is 55.7 Å². The highest BCUT2D eigenvalue weighted by atomic mass is 35.5. The molecule has 1 aromatic carbocycles. The van der Waals surface area contributed by atoms with E-state index in [1.807, 2.05) is 19.1 Å². The van der Waals surface area contributed by atoms with Crippen LogP contribution in [0.25, 0.3) is 21.1 Å². The van der Waals surface area contributed by atoms with Crippen LogP contribution in [0.3, 0.4) is 0 Å². The van der Waals surface area contributed by atoms with Gasteiger partial charge in [-0.15, -0.1) is 11.3 Å². The number of aromatic nitrogens is 4. The van der Waals surface area contributed by atoms with Crippen molar-refractivity contribution in [3.05, 3.63) is 46.4 Å². The van der Waals surface area contributed by atoms with Crippen LogP contribution in [0.1, 0.15) is 22.3 Å². The van der Waals surface area contributed by atoms with Crippen LogP contribution in [0.15, 0.2) is 30.6 Å². The highest BCUT2D eigenvalue weighted by Gasteiger charge is 2.25. The summed E-state index contributed by atoms with van der Waals surface area (Å²) in [5.74, 6) is 0.315. The van der Waals surface area contributed by atoms with Crippen LogP contribution in [0.2, 0.25) is 5.28 Å². The van der Waals surface area contributed by atoms with Crippen molar-refractivity contribution < 1.29 is 9.53 Å². The first-order chi connectivity index (χ1) is 14.1. The van der Waals surface area contributed by atoms with Gasteiger partial charge in [0, 0.05) is 28.9 Å². The number of amides is 1. The predicted molar refractivity (Wildman–Crippen MR) is 112 cm³/mol. The van der Waals surface area contributed by atoms with E-state index in [0.29, 0.717) is 28.5 Å². The average molecular weight is 427 g/mol. The number of hydrogen-bond donors (Lipinski definition) is 2. The summed E-state index contributed by atoms with van der Waals surface area (Å²) in [5.41, 5.74) is 2.88. The van der Waals surface area contributed by atoms with Crippen LogP contribution in [-0.4, -0.2) is 38.4 Å². The first-order valence-electron chi connectivity index (χ1n) is 8.95. The Labute approximate surface area is 174 Å². The van der Waals surface area contributed by atoms with Gasteiger partial charge in [0.05, 0.1) is 28.6 Å². The van der Waals surface area contributed by atoms with Gasteiger partial charge in [0.25, 0.3) is 5.91 Å². The van der Waals surface area contributed by atoms with E-state index in [-0.39, 0.29) is 23.8 Å². The highest BCUT2D eigenvalue weighted by Crippen LogP contribution is 2.40. The van der Waals surface area contributed by atoms with Gasteiger partial charge in [-0.2, -0.15) is 0 Å². The van der Waals surface area contributed by atoms with Gasteiger partial charge in [-0.3, -0.25) is 4.79 Å². The van der Waals surface area contributed by atoms with Gasteiger partial charge in [0.1, 0.15) is 11.5 Å². The molecule has 10 heteroatoms. The number of thiophene rings is 1. The smallest absolute Gasteiger partial charge is 0.263 e. The van der Waals surface area contributed by atoms with E-state index >= 15 is 0 Å². The zero-order chi connectivity index (χ0) is 20.0. The Hall–Kier alpha value is -3.04. The number of fused-ring (bicyclic) bond motifs is 5. The maximum Gasteiger partial charge on any atom is 0.263 e. The van der Waals surface area contributed by atoms with E-state index < -0.39 is 0 Å². The maximum atomic E-state index is 12.5. The first kappa shape index (κ1) is 18.0. The van der Waals surface area contributed by atoms with E-state index in [1.165, 1.54) is 11.3 Å². The Morgan fingerprint density at radius 2 is 2.17 bits per heavy atom. The maximum absolute atomic E-state index is 12.5. The molecular weight excluding hydrogens is 412 g/mol. The molecule has 146 valence electrons. The summed E-state index contributed by atoms with van der Waals surface area (Å²) in [5, 5.41) is 7.45. The van der Waals surface area contributed by atoms with E-state index in [1.54, 1.807) is 18.5 Å². The largest absolute Gasteiger partial charge is 0.470 e. The molecule has 0 saturated carbocycles. The van der Waals surface area contributed by atoms with Crippen molar-refractivity contribution in [2.75, 3.05) is 11.9 Å². The molecule has 3 aromatic heterocycles. The summed E-state index contributed by atoms with van der Waals surface area (Å²) in [6, 6.07) is 5.61. The van der Waals surface area contributed by atoms with Crippen LogP contribution in [0.5, 0.6) is 5.88 Å². The minimum absolute atomic E-state index is 0.0495. The second-order valence-corrected chi connectivity index (χ2v) is 8.07. The zero-order valence-electron chi connectivity index (χ0n) is 15.3. The van der Waals surface area contributed by atoms with Crippen molar-refractivity contribution in [3.63, 3.8) is 0 Å². The summed E-state index contributed by atoms with van der Waals surface area (Å²) in [7, 11) is 0. The number of benzene rings is 1. The number of ether oxygens (including phenoxy) is 1. The Morgan fingerprint density at radius 1 is 1.28 bits per heavy atom. The molecule has 5 rings (SSSR count). The zero-order valence-corrected chi connectivity index (χ0v) is 16.8. The predicted octanol–water partition coefficient (Wildman–Crippen LogP) is 3.41. The van der Waals surface area contributed by atoms with Crippen molar-refractivity contribution in [1.29, 1.82) is 0 Å². The lowest BCUT2D eigenvalue weighted by atomic mass is 10.1. The van der Waals surface area contributed by atoms with Crippen molar-refractivity contribution in [3.8, 4) is 5.88 Å². The molecule has 29 heavy (non-hydrogen) atoms. The fourth-order valence-corrected chi connectivity index (χ4v) is 4.49. The molecule has 4 heterocycles. The molecule has 0 bridgehead atoms. The number of nitrogens with one attached hydrogen (secondary N) is 2. The third-order valence-corrected chi connectivity index (χ3v) is 5.90. The van der Waals surface area contributed by atoms with Gasteiger partial charge < -0.3 is 15.4 Å². The molecule has 0 radical (unpaired) electrons. The molecule has 0 spiro atoms. The van der Waals surface area contributed by atoms with Crippen LogP contribution in [0, 0.1) is 0 Å². The lowest BCUT2D eigenvalue weighted by Gasteiger charge is -2.10. The first-order valence-corrected chi connectivity index (χ1v) is 10.1. The topological polar surface area (TPSA) is 102 Å². The minimum atomic E-state index is -0.0664. The van der Waals surface area contributed by atoms with Gasteiger partial charge in [-0.05, 0) is 36.7 Å². The number of carbonyl (C=O) groups excluding carboxylic acids is 1. The molecule has 0 aliphatic carbocycles. The molecule has 1 amide bonds. The van der Waals surface area contributed by atoms with E-state index in [2.05, 4.69) is 30.6 Å². The summed E-state index contributed by atoms with van der Waals surface area (Å²) in [4.78, 5) is 30.3. The number of halogens is 1. The third-order valence-electron chi connectivity index (χ3n) is 4.56. The van der Waals surface area contributed by atoms with Crippen LogP contribution in [-0.2, 0) is 6.61 Å². The summed E-state index contributed by atoms with van der Waals surface area (Å²) in [6.45, 7) is 2.82. The quantitative estimate of drug-likeness (QED) is 0.484. The van der Waals surface area contributed by atoms with E-state index in [9.17, 15) is 4.79 Å². The van der Waals surface area contributed by atoms with Crippen LogP contribution in [0.4, 0.5) is 5.69 Å². The van der Waals surface area contributed by atoms with Gasteiger partial charge in [-0.1, -0.05) is 0 Å². The second-order valence-electron chi connectivity index (χ2n) is 6.68. The SMILES string of the molecule is CC1CNc2c(sc3ccc4nc(OCc5ccnc(Cl)n5)cnc4c23)C(=O)N1. The normalized spacial score (nSPS) is 16.2. The van der Waals surface area contributed by atoms with Crippen molar-refractivity contribution in [2.24, 2.45) is 0 Å². The monoisotopic (exact) mass is 426 g/mol. The molecule has 1 unspecified atom stereocenters. The molecule has 0 saturated heterocycles. The Bertz CT molecular complexity index is 1260. The molecule has 4 aromatic rings. The van der Waals surface area contributed by atoms with Crippen molar-refractivity contribution in [1.82, 2.24) is 25.3 Å². The van der Waals surface area contributed by atoms with Gasteiger partial charge >= 0.3 is 0 Å². The van der Waals surface area contributed by atoms with E-state index in [4.69, 9.17) is 16.3 Å². The molecule has 1 aliphatic rings. The minimum Gasteiger partial charge on any atom is -0.470 e. The highest BCUT2D eigenvalue weighted by molar-refractivity contribution is 7.21. The summed E-state index contributed by atoms with van der Waals surface area (Å²) in [6.07, 6.45) is 3.15. The number of rotatable bonds is 3. The molecule has 0 fully saturated rings.